The number of rotatable bonds is 5. The molecule has 2 heterocycles. The van der Waals surface area contributed by atoms with E-state index in [1.54, 1.807) is 12.1 Å². The molecule has 2 aromatic rings. The van der Waals surface area contributed by atoms with Crippen LogP contribution in [0.2, 0.25) is 0 Å². The average Bonchev–Trinajstić information content (AvgIpc) is 3.06. The Bertz CT molecular complexity index is 959. The topological polar surface area (TPSA) is 87.7 Å². The standard InChI is InChI=1S/C19H21N3O4S/c1-2-26-14-7-9-15(10-8-14)27(24,25)21-13-11-18-19(23)20-16-5-3-4-6-17(16)22(18)12-13/h3-10,13,18,21H,2,11-12H2,1H3,(H,20,23). The fourth-order valence-electron chi connectivity index (χ4n) is 3.65. The van der Waals surface area contributed by atoms with E-state index in [0.717, 1.165) is 11.4 Å². The Hall–Kier alpha value is -2.58. The third-order valence-electron chi connectivity index (χ3n) is 4.84. The smallest absolute Gasteiger partial charge is 0.247 e. The number of sulfonamides is 1. The first-order chi connectivity index (χ1) is 13.0. The first kappa shape index (κ1) is 17.8. The van der Waals surface area contributed by atoms with E-state index in [1.165, 1.54) is 12.1 Å². The first-order valence-corrected chi connectivity index (χ1v) is 10.4. The number of hydrogen-bond donors (Lipinski definition) is 2. The number of anilines is 2. The number of carbonyl (C=O) groups excluding carboxylic acids is 1. The van der Waals surface area contributed by atoms with Gasteiger partial charge in [0.25, 0.3) is 0 Å². The Morgan fingerprint density at radius 3 is 2.67 bits per heavy atom. The fourth-order valence-corrected chi connectivity index (χ4v) is 4.89. The van der Waals surface area contributed by atoms with Crippen molar-refractivity contribution in [3.05, 3.63) is 48.5 Å². The lowest BCUT2D eigenvalue weighted by Gasteiger charge is -2.32. The van der Waals surface area contributed by atoms with Crippen molar-refractivity contribution >= 4 is 27.3 Å². The van der Waals surface area contributed by atoms with Crippen LogP contribution in [0, 0.1) is 0 Å². The van der Waals surface area contributed by atoms with Crippen molar-refractivity contribution < 1.29 is 17.9 Å². The molecule has 8 heteroatoms. The molecule has 0 spiro atoms. The summed E-state index contributed by atoms with van der Waals surface area (Å²) in [4.78, 5) is 14.5. The largest absolute Gasteiger partial charge is 0.494 e. The van der Waals surface area contributed by atoms with Crippen LogP contribution in [0.15, 0.2) is 53.4 Å². The van der Waals surface area contributed by atoms with E-state index in [2.05, 4.69) is 10.0 Å². The third kappa shape index (κ3) is 3.38. The van der Waals surface area contributed by atoms with E-state index in [-0.39, 0.29) is 22.9 Å². The minimum Gasteiger partial charge on any atom is -0.494 e. The number of ether oxygens (including phenoxy) is 1. The number of benzene rings is 2. The molecular formula is C19H21N3O4S. The van der Waals surface area contributed by atoms with Crippen molar-refractivity contribution in [1.82, 2.24) is 4.72 Å². The van der Waals surface area contributed by atoms with Crippen molar-refractivity contribution in [2.45, 2.75) is 30.3 Å². The molecule has 2 N–H and O–H groups in total. The Labute approximate surface area is 158 Å². The van der Waals surface area contributed by atoms with Crippen LogP contribution in [0.25, 0.3) is 0 Å². The summed E-state index contributed by atoms with van der Waals surface area (Å²) in [5.74, 6) is 0.527. The van der Waals surface area contributed by atoms with Gasteiger partial charge in [-0.2, -0.15) is 0 Å². The van der Waals surface area contributed by atoms with Crippen LogP contribution < -0.4 is 19.7 Å². The van der Waals surface area contributed by atoms with Gasteiger partial charge in [0.15, 0.2) is 0 Å². The van der Waals surface area contributed by atoms with Gasteiger partial charge in [0, 0.05) is 12.6 Å². The molecule has 1 fully saturated rings. The molecule has 1 amide bonds. The maximum absolute atomic E-state index is 12.7. The van der Waals surface area contributed by atoms with Crippen LogP contribution in [0.5, 0.6) is 5.75 Å². The van der Waals surface area contributed by atoms with Gasteiger partial charge < -0.3 is 15.0 Å². The van der Waals surface area contributed by atoms with E-state index < -0.39 is 10.0 Å². The second-order valence-electron chi connectivity index (χ2n) is 6.63. The molecule has 0 bridgehead atoms. The molecule has 2 atom stereocenters. The predicted molar refractivity (Wildman–Crippen MR) is 103 cm³/mol. The summed E-state index contributed by atoms with van der Waals surface area (Å²) in [7, 11) is -3.68. The number of nitrogens with one attached hydrogen (secondary N) is 2. The van der Waals surface area contributed by atoms with Gasteiger partial charge in [0.05, 0.1) is 22.9 Å². The van der Waals surface area contributed by atoms with Crippen LogP contribution in [0.1, 0.15) is 13.3 Å². The summed E-state index contributed by atoms with van der Waals surface area (Å²) in [6, 6.07) is 13.2. The quantitative estimate of drug-likeness (QED) is 0.819. The van der Waals surface area contributed by atoms with E-state index in [4.69, 9.17) is 4.74 Å². The molecule has 2 aliphatic heterocycles. The number of carbonyl (C=O) groups is 1. The van der Waals surface area contributed by atoms with Crippen molar-refractivity contribution in [3.8, 4) is 5.75 Å². The van der Waals surface area contributed by atoms with Crippen LogP contribution in [-0.2, 0) is 14.8 Å². The normalized spacial score (nSPS) is 21.4. The summed E-state index contributed by atoms with van der Waals surface area (Å²) in [6.45, 7) is 2.84. The summed E-state index contributed by atoms with van der Waals surface area (Å²) in [6.07, 6.45) is 0.427. The Balaban J connectivity index is 1.52. The minimum atomic E-state index is -3.68. The number of hydrogen-bond acceptors (Lipinski definition) is 5. The maximum Gasteiger partial charge on any atom is 0.247 e. The van der Waals surface area contributed by atoms with Gasteiger partial charge in [-0.25, -0.2) is 13.1 Å². The summed E-state index contributed by atoms with van der Waals surface area (Å²) < 4.78 is 33.5. The lowest BCUT2D eigenvalue weighted by molar-refractivity contribution is -0.117. The highest BCUT2D eigenvalue weighted by molar-refractivity contribution is 7.89. The fraction of sp³-hybridized carbons (Fsp3) is 0.316. The SMILES string of the molecule is CCOc1ccc(S(=O)(=O)NC2CC3C(=O)Nc4ccccc4N3C2)cc1. The molecule has 4 rings (SSSR count). The van der Waals surface area contributed by atoms with Crippen molar-refractivity contribution in [1.29, 1.82) is 0 Å². The molecular weight excluding hydrogens is 366 g/mol. The summed E-state index contributed by atoms with van der Waals surface area (Å²) in [5.41, 5.74) is 1.68. The zero-order chi connectivity index (χ0) is 19.0. The van der Waals surface area contributed by atoms with E-state index in [1.807, 2.05) is 36.1 Å². The third-order valence-corrected chi connectivity index (χ3v) is 6.38. The highest BCUT2D eigenvalue weighted by Crippen LogP contribution is 2.36. The van der Waals surface area contributed by atoms with Crippen molar-refractivity contribution in [2.24, 2.45) is 0 Å². The van der Waals surface area contributed by atoms with Gasteiger partial charge in [-0.1, -0.05) is 12.1 Å². The van der Waals surface area contributed by atoms with Crippen LogP contribution in [0.4, 0.5) is 11.4 Å². The molecule has 0 saturated carbocycles. The van der Waals surface area contributed by atoms with Gasteiger partial charge >= 0.3 is 0 Å². The highest BCUT2D eigenvalue weighted by Gasteiger charge is 2.42. The lowest BCUT2D eigenvalue weighted by Crippen LogP contribution is -2.44. The summed E-state index contributed by atoms with van der Waals surface area (Å²) >= 11 is 0. The predicted octanol–water partition coefficient (Wildman–Crippen LogP) is 1.96. The molecule has 142 valence electrons. The van der Waals surface area contributed by atoms with Crippen LogP contribution in [0.3, 0.4) is 0 Å². The van der Waals surface area contributed by atoms with Gasteiger partial charge in [-0.3, -0.25) is 4.79 Å². The highest BCUT2D eigenvalue weighted by atomic mass is 32.2. The molecule has 7 nitrogen and oxygen atoms in total. The van der Waals surface area contributed by atoms with Gasteiger partial charge in [0.1, 0.15) is 11.8 Å². The number of amides is 1. The first-order valence-electron chi connectivity index (χ1n) is 8.89. The molecule has 0 aromatic heterocycles. The zero-order valence-electron chi connectivity index (χ0n) is 14.9. The Kier molecular flexibility index (Phi) is 4.53. The Morgan fingerprint density at radius 1 is 1.19 bits per heavy atom. The van der Waals surface area contributed by atoms with Crippen molar-refractivity contribution in [3.63, 3.8) is 0 Å². The maximum atomic E-state index is 12.7. The molecule has 2 aliphatic rings. The van der Waals surface area contributed by atoms with E-state index in [9.17, 15) is 13.2 Å². The molecule has 2 unspecified atom stereocenters. The number of nitrogens with zero attached hydrogens (tertiary/aromatic N) is 1. The van der Waals surface area contributed by atoms with Crippen molar-refractivity contribution in [2.75, 3.05) is 23.4 Å². The average molecular weight is 387 g/mol. The lowest BCUT2D eigenvalue weighted by atomic mass is 10.1. The molecule has 27 heavy (non-hydrogen) atoms. The van der Waals surface area contributed by atoms with Gasteiger partial charge in [-0.15, -0.1) is 0 Å². The molecule has 2 aromatic carbocycles. The number of fused-ring (bicyclic) bond motifs is 3. The second kappa shape index (κ2) is 6.86. The Morgan fingerprint density at radius 2 is 1.93 bits per heavy atom. The monoisotopic (exact) mass is 387 g/mol. The molecule has 1 saturated heterocycles. The van der Waals surface area contributed by atoms with Crippen LogP contribution in [-0.4, -0.2) is 39.6 Å². The van der Waals surface area contributed by atoms with Gasteiger partial charge in [-0.05, 0) is 49.7 Å². The van der Waals surface area contributed by atoms with E-state index >= 15 is 0 Å². The second-order valence-corrected chi connectivity index (χ2v) is 8.35. The van der Waals surface area contributed by atoms with Gasteiger partial charge in [0.2, 0.25) is 15.9 Å². The minimum absolute atomic E-state index is 0.100. The summed E-state index contributed by atoms with van der Waals surface area (Å²) in [5, 5.41) is 2.89. The number of para-hydroxylation sites is 2. The molecule has 0 aliphatic carbocycles. The van der Waals surface area contributed by atoms with Crippen LogP contribution >= 0.6 is 0 Å². The van der Waals surface area contributed by atoms with E-state index in [0.29, 0.717) is 25.3 Å². The molecule has 0 radical (unpaired) electrons. The zero-order valence-corrected chi connectivity index (χ0v) is 15.7.